The Balaban J connectivity index is 2.04. The summed E-state index contributed by atoms with van der Waals surface area (Å²) in [6.07, 6.45) is 6.99. The molecule has 0 aliphatic carbocycles. The molecule has 1 aromatic rings. The van der Waals surface area contributed by atoms with Gasteiger partial charge >= 0.3 is 0 Å². The van der Waals surface area contributed by atoms with Gasteiger partial charge in [0.05, 0.1) is 13.1 Å². The first kappa shape index (κ1) is 13.3. The van der Waals surface area contributed by atoms with Gasteiger partial charge in [-0.25, -0.2) is 0 Å². The number of nitrogens with one attached hydrogen (secondary N) is 2. The lowest BCUT2D eigenvalue weighted by Gasteiger charge is -2.05. The Kier molecular flexibility index (Phi) is 6.54. The van der Waals surface area contributed by atoms with E-state index in [1.165, 1.54) is 5.56 Å². The van der Waals surface area contributed by atoms with Gasteiger partial charge in [-0.3, -0.25) is 10.1 Å². The summed E-state index contributed by atoms with van der Waals surface area (Å²) in [6.45, 7) is 1.42. The van der Waals surface area contributed by atoms with Crippen LogP contribution >= 0.6 is 0 Å². The van der Waals surface area contributed by atoms with Crippen molar-refractivity contribution in [3.8, 4) is 12.3 Å². The maximum Gasteiger partial charge on any atom is 0.233 e. The molecule has 0 saturated carbocycles. The van der Waals surface area contributed by atoms with E-state index >= 15 is 0 Å². The highest BCUT2D eigenvalue weighted by Crippen LogP contribution is 2.01. The van der Waals surface area contributed by atoms with Crippen LogP contribution in [0.1, 0.15) is 12.0 Å². The molecule has 0 aromatic heterocycles. The van der Waals surface area contributed by atoms with E-state index in [4.69, 9.17) is 6.42 Å². The molecule has 1 rings (SSSR count). The Bertz CT molecular complexity index is 368. The molecule has 1 amide bonds. The fourth-order valence-electron chi connectivity index (χ4n) is 1.48. The number of rotatable bonds is 7. The number of carbonyl (C=O) groups is 1. The molecule has 3 heteroatoms. The molecule has 0 radical (unpaired) electrons. The maximum absolute atomic E-state index is 11.3. The summed E-state index contributed by atoms with van der Waals surface area (Å²) in [5.41, 5.74) is 1.30. The van der Waals surface area contributed by atoms with Crippen LogP contribution in [0.5, 0.6) is 0 Å². The zero-order chi connectivity index (χ0) is 12.3. The second-order valence-electron chi connectivity index (χ2n) is 3.75. The molecule has 1 aromatic carbocycles. The van der Waals surface area contributed by atoms with Crippen LogP contribution in [-0.4, -0.2) is 25.5 Å². The summed E-state index contributed by atoms with van der Waals surface area (Å²) >= 11 is 0. The van der Waals surface area contributed by atoms with E-state index in [9.17, 15) is 4.79 Å². The largest absolute Gasteiger partial charge is 0.355 e. The van der Waals surface area contributed by atoms with Crippen molar-refractivity contribution in [2.75, 3.05) is 19.6 Å². The number of hydrogen-bond donors (Lipinski definition) is 2. The van der Waals surface area contributed by atoms with Crippen molar-refractivity contribution in [1.82, 2.24) is 10.6 Å². The van der Waals surface area contributed by atoms with Crippen LogP contribution in [0, 0.1) is 12.3 Å². The van der Waals surface area contributed by atoms with Crippen LogP contribution in [0.3, 0.4) is 0 Å². The summed E-state index contributed by atoms with van der Waals surface area (Å²) < 4.78 is 0. The molecule has 0 unspecified atom stereocenters. The number of hydrogen-bond acceptors (Lipinski definition) is 2. The molecule has 0 spiro atoms. The van der Waals surface area contributed by atoms with Gasteiger partial charge in [0.1, 0.15) is 0 Å². The topological polar surface area (TPSA) is 41.1 Å². The van der Waals surface area contributed by atoms with E-state index in [0.29, 0.717) is 13.1 Å². The summed E-state index contributed by atoms with van der Waals surface area (Å²) in [5, 5.41) is 5.69. The summed E-state index contributed by atoms with van der Waals surface area (Å²) in [5.74, 6) is 2.41. The predicted molar refractivity (Wildman–Crippen MR) is 69.5 cm³/mol. The van der Waals surface area contributed by atoms with Gasteiger partial charge < -0.3 is 5.32 Å². The second-order valence-corrected chi connectivity index (χ2v) is 3.75. The summed E-state index contributed by atoms with van der Waals surface area (Å²) in [7, 11) is 0. The van der Waals surface area contributed by atoms with E-state index in [-0.39, 0.29) is 12.5 Å². The number of aryl methyl sites for hydroxylation is 1. The van der Waals surface area contributed by atoms with Crippen LogP contribution in [-0.2, 0) is 11.2 Å². The second kappa shape index (κ2) is 8.37. The van der Waals surface area contributed by atoms with E-state index in [1.54, 1.807) is 0 Å². The monoisotopic (exact) mass is 230 g/mol. The number of amides is 1. The molecular formula is C14H18N2O. The van der Waals surface area contributed by atoms with Crippen molar-refractivity contribution >= 4 is 5.91 Å². The first-order valence-corrected chi connectivity index (χ1v) is 5.77. The molecule has 17 heavy (non-hydrogen) atoms. The molecule has 0 fully saturated rings. The van der Waals surface area contributed by atoms with Crippen LogP contribution in [0.2, 0.25) is 0 Å². The third-order valence-electron chi connectivity index (χ3n) is 2.32. The predicted octanol–water partition coefficient (Wildman–Crippen LogP) is 0.958. The van der Waals surface area contributed by atoms with Crippen molar-refractivity contribution in [3.63, 3.8) is 0 Å². The smallest absolute Gasteiger partial charge is 0.233 e. The molecule has 0 heterocycles. The fourth-order valence-corrected chi connectivity index (χ4v) is 1.48. The Morgan fingerprint density at radius 1 is 1.29 bits per heavy atom. The molecule has 0 aliphatic heterocycles. The highest BCUT2D eigenvalue weighted by molar-refractivity contribution is 5.77. The van der Waals surface area contributed by atoms with Crippen molar-refractivity contribution in [2.45, 2.75) is 12.8 Å². The third kappa shape index (κ3) is 6.39. The van der Waals surface area contributed by atoms with Crippen molar-refractivity contribution < 1.29 is 4.79 Å². The fraction of sp³-hybridized carbons (Fsp3) is 0.357. The minimum Gasteiger partial charge on any atom is -0.355 e. The third-order valence-corrected chi connectivity index (χ3v) is 2.32. The van der Waals surface area contributed by atoms with Crippen molar-refractivity contribution in [3.05, 3.63) is 35.9 Å². The quantitative estimate of drug-likeness (QED) is 0.541. The Morgan fingerprint density at radius 3 is 2.76 bits per heavy atom. The molecule has 0 atom stereocenters. The number of carbonyl (C=O) groups excluding carboxylic acids is 1. The number of benzene rings is 1. The normalized spacial score (nSPS) is 9.59. The molecule has 0 aliphatic rings. The molecule has 3 nitrogen and oxygen atoms in total. The van der Waals surface area contributed by atoms with E-state index in [2.05, 4.69) is 28.7 Å². The summed E-state index contributed by atoms with van der Waals surface area (Å²) in [4.78, 5) is 11.3. The highest BCUT2D eigenvalue weighted by atomic mass is 16.1. The van der Waals surface area contributed by atoms with Crippen molar-refractivity contribution in [2.24, 2.45) is 0 Å². The average Bonchev–Trinajstić information content (AvgIpc) is 2.36. The zero-order valence-corrected chi connectivity index (χ0v) is 9.91. The summed E-state index contributed by atoms with van der Waals surface area (Å²) in [6, 6.07) is 10.2. The van der Waals surface area contributed by atoms with Gasteiger partial charge in [-0.15, -0.1) is 6.42 Å². The SMILES string of the molecule is C#CCNCC(=O)NCCCc1ccccc1. The zero-order valence-electron chi connectivity index (χ0n) is 9.91. The van der Waals surface area contributed by atoms with Crippen LogP contribution < -0.4 is 10.6 Å². The first-order chi connectivity index (χ1) is 8.33. The molecule has 0 saturated heterocycles. The Hall–Kier alpha value is -1.79. The van der Waals surface area contributed by atoms with Gasteiger partial charge in [0, 0.05) is 6.54 Å². The van der Waals surface area contributed by atoms with Gasteiger partial charge in [0.15, 0.2) is 0 Å². The van der Waals surface area contributed by atoms with Crippen LogP contribution in [0.25, 0.3) is 0 Å². The lowest BCUT2D eigenvalue weighted by atomic mass is 10.1. The van der Waals surface area contributed by atoms with Gasteiger partial charge in [0.25, 0.3) is 0 Å². The molecule has 0 bridgehead atoms. The van der Waals surface area contributed by atoms with Gasteiger partial charge in [-0.1, -0.05) is 36.3 Å². The van der Waals surface area contributed by atoms with Crippen LogP contribution in [0.15, 0.2) is 30.3 Å². The minimum absolute atomic E-state index is 0.00619. The van der Waals surface area contributed by atoms with Crippen LogP contribution in [0.4, 0.5) is 0 Å². The molecule has 90 valence electrons. The first-order valence-electron chi connectivity index (χ1n) is 5.77. The van der Waals surface area contributed by atoms with Gasteiger partial charge in [0.2, 0.25) is 5.91 Å². The number of terminal acetylenes is 1. The van der Waals surface area contributed by atoms with Crippen molar-refractivity contribution in [1.29, 1.82) is 0 Å². The van der Waals surface area contributed by atoms with E-state index in [1.807, 2.05) is 18.2 Å². The highest BCUT2D eigenvalue weighted by Gasteiger charge is 1.98. The lowest BCUT2D eigenvalue weighted by molar-refractivity contribution is -0.120. The Morgan fingerprint density at radius 2 is 2.06 bits per heavy atom. The Labute approximate surface area is 103 Å². The van der Waals surface area contributed by atoms with E-state index in [0.717, 1.165) is 12.8 Å². The standard InChI is InChI=1S/C14H18N2O/c1-2-10-15-12-14(17)16-11-6-9-13-7-4-3-5-8-13/h1,3-5,7-8,15H,6,9-12H2,(H,16,17). The molecule has 2 N–H and O–H groups in total. The minimum atomic E-state index is -0.00619. The lowest BCUT2D eigenvalue weighted by Crippen LogP contribution is -2.34. The van der Waals surface area contributed by atoms with Gasteiger partial charge in [-0.2, -0.15) is 0 Å². The average molecular weight is 230 g/mol. The maximum atomic E-state index is 11.3. The van der Waals surface area contributed by atoms with E-state index < -0.39 is 0 Å². The van der Waals surface area contributed by atoms with Gasteiger partial charge in [-0.05, 0) is 18.4 Å². The molecular weight excluding hydrogens is 212 g/mol.